The first-order chi connectivity index (χ1) is 16.1. The van der Waals surface area contributed by atoms with Gasteiger partial charge in [0.05, 0.1) is 29.6 Å². The van der Waals surface area contributed by atoms with Crippen LogP contribution in [0.4, 0.5) is 0 Å². The van der Waals surface area contributed by atoms with E-state index < -0.39 is 11.1 Å². The molecule has 0 bridgehead atoms. The standard InChI is InChI=1S/C25H24N4O3S/c1-32-33(31)21-10-8-18(9-11-21)23-17-26-24-13-12-22(27-29(23)24)19-6-5-7-20(16-19)25(30)28-14-3-2-4-15-28/h5-13,16-17H,2-4,14-15H2,1H3. The zero-order chi connectivity index (χ0) is 22.8. The van der Waals surface area contributed by atoms with Crippen LogP contribution in [0, 0.1) is 0 Å². The van der Waals surface area contributed by atoms with Crippen LogP contribution in [-0.2, 0) is 15.3 Å². The highest BCUT2D eigenvalue weighted by molar-refractivity contribution is 7.80. The Morgan fingerprint density at radius 1 is 0.970 bits per heavy atom. The second kappa shape index (κ2) is 9.25. The van der Waals surface area contributed by atoms with Gasteiger partial charge in [0, 0.05) is 29.8 Å². The highest BCUT2D eigenvalue weighted by atomic mass is 32.2. The smallest absolute Gasteiger partial charge is 0.253 e. The first-order valence-electron chi connectivity index (χ1n) is 11.0. The summed E-state index contributed by atoms with van der Waals surface area (Å²) in [7, 11) is 1.41. The van der Waals surface area contributed by atoms with Crippen LogP contribution >= 0.6 is 0 Å². The first kappa shape index (κ1) is 21.5. The van der Waals surface area contributed by atoms with E-state index in [2.05, 4.69) is 4.98 Å². The second-order valence-electron chi connectivity index (χ2n) is 7.99. The van der Waals surface area contributed by atoms with Gasteiger partial charge in [-0.05, 0) is 55.7 Å². The van der Waals surface area contributed by atoms with Gasteiger partial charge in [0.1, 0.15) is 0 Å². The van der Waals surface area contributed by atoms with Crippen LogP contribution in [0.2, 0.25) is 0 Å². The number of carbonyl (C=O) groups is 1. The average Bonchev–Trinajstić information content (AvgIpc) is 3.32. The molecule has 0 spiro atoms. The topological polar surface area (TPSA) is 76.8 Å². The summed E-state index contributed by atoms with van der Waals surface area (Å²) in [5.74, 6) is 0.0782. The van der Waals surface area contributed by atoms with E-state index in [1.807, 2.05) is 53.4 Å². The van der Waals surface area contributed by atoms with Crippen LogP contribution in [0.1, 0.15) is 29.6 Å². The number of likely N-dealkylation sites (tertiary alicyclic amines) is 1. The van der Waals surface area contributed by atoms with Crippen molar-refractivity contribution in [1.82, 2.24) is 19.5 Å². The molecule has 2 aromatic heterocycles. The molecule has 0 aliphatic carbocycles. The van der Waals surface area contributed by atoms with Crippen LogP contribution < -0.4 is 0 Å². The minimum atomic E-state index is -1.48. The SMILES string of the molecule is COS(=O)c1ccc(-c2cnc3ccc(-c4cccc(C(=O)N5CCCCC5)c4)nn23)cc1. The monoisotopic (exact) mass is 460 g/mol. The van der Waals surface area contributed by atoms with Gasteiger partial charge in [0.15, 0.2) is 16.7 Å². The molecular weight excluding hydrogens is 436 g/mol. The number of imidazole rings is 1. The highest BCUT2D eigenvalue weighted by Crippen LogP contribution is 2.25. The third-order valence-corrected chi connectivity index (χ3v) is 6.86. The van der Waals surface area contributed by atoms with Gasteiger partial charge in [-0.25, -0.2) is 13.7 Å². The normalized spacial score (nSPS) is 15.0. The van der Waals surface area contributed by atoms with Crippen molar-refractivity contribution in [1.29, 1.82) is 0 Å². The Balaban J connectivity index is 1.48. The maximum absolute atomic E-state index is 13.0. The number of hydrogen-bond acceptors (Lipinski definition) is 5. The molecule has 7 nitrogen and oxygen atoms in total. The zero-order valence-electron chi connectivity index (χ0n) is 18.3. The summed E-state index contributed by atoms with van der Waals surface area (Å²) in [6.07, 6.45) is 5.09. The minimum Gasteiger partial charge on any atom is -0.339 e. The van der Waals surface area contributed by atoms with Crippen LogP contribution in [0.25, 0.3) is 28.2 Å². The summed E-state index contributed by atoms with van der Waals surface area (Å²) in [4.78, 5) is 19.9. The van der Waals surface area contributed by atoms with Crippen molar-refractivity contribution in [3.8, 4) is 22.5 Å². The molecule has 1 fully saturated rings. The quantitative estimate of drug-likeness (QED) is 0.442. The number of benzene rings is 2. The molecule has 2 aromatic carbocycles. The highest BCUT2D eigenvalue weighted by Gasteiger charge is 2.19. The van der Waals surface area contributed by atoms with E-state index >= 15 is 0 Å². The molecule has 8 heteroatoms. The van der Waals surface area contributed by atoms with Gasteiger partial charge in [0.2, 0.25) is 0 Å². The Labute approximate surface area is 194 Å². The zero-order valence-corrected chi connectivity index (χ0v) is 19.1. The summed E-state index contributed by atoms with van der Waals surface area (Å²) in [6, 6.07) is 18.8. The van der Waals surface area contributed by atoms with Gasteiger partial charge in [-0.2, -0.15) is 5.10 Å². The molecule has 1 unspecified atom stereocenters. The molecule has 4 aromatic rings. The molecule has 1 atom stereocenters. The minimum absolute atomic E-state index is 0.0782. The lowest BCUT2D eigenvalue weighted by molar-refractivity contribution is 0.0724. The van der Waals surface area contributed by atoms with Gasteiger partial charge in [0.25, 0.3) is 5.91 Å². The predicted octanol–water partition coefficient (Wildman–Crippen LogP) is 4.36. The molecule has 0 radical (unpaired) electrons. The molecule has 3 heterocycles. The van der Waals surface area contributed by atoms with Crippen molar-refractivity contribution in [3.05, 3.63) is 72.4 Å². The Hall–Kier alpha value is -3.36. The lowest BCUT2D eigenvalue weighted by atomic mass is 10.1. The van der Waals surface area contributed by atoms with Crippen molar-refractivity contribution in [2.45, 2.75) is 24.2 Å². The number of hydrogen-bond donors (Lipinski definition) is 0. The molecular formula is C25H24N4O3S. The summed E-state index contributed by atoms with van der Waals surface area (Å²) in [6.45, 7) is 1.64. The van der Waals surface area contributed by atoms with Crippen molar-refractivity contribution < 1.29 is 13.2 Å². The van der Waals surface area contributed by atoms with E-state index in [-0.39, 0.29) is 5.91 Å². The van der Waals surface area contributed by atoms with Crippen molar-refractivity contribution in [2.75, 3.05) is 20.2 Å². The fourth-order valence-electron chi connectivity index (χ4n) is 4.15. The van der Waals surface area contributed by atoms with Crippen LogP contribution in [-0.4, -0.2) is 49.8 Å². The fraction of sp³-hybridized carbons (Fsp3) is 0.240. The Bertz CT molecular complexity index is 1330. The molecule has 33 heavy (non-hydrogen) atoms. The second-order valence-corrected chi connectivity index (χ2v) is 9.27. The lowest BCUT2D eigenvalue weighted by Gasteiger charge is -2.26. The summed E-state index contributed by atoms with van der Waals surface area (Å²) < 4.78 is 18.5. The molecule has 0 saturated carbocycles. The molecule has 1 saturated heterocycles. The molecule has 0 N–H and O–H groups in total. The Kier molecular flexibility index (Phi) is 6.02. The summed E-state index contributed by atoms with van der Waals surface area (Å²) in [5, 5.41) is 4.81. The van der Waals surface area contributed by atoms with Crippen LogP contribution in [0.15, 0.2) is 71.8 Å². The molecule has 5 rings (SSSR count). The third kappa shape index (κ3) is 4.31. The van der Waals surface area contributed by atoms with Crippen molar-refractivity contribution >= 4 is 22.6 Å². The molecule has 1 amide bonds. The Morgan fingerprint density at radius 3 is 2.52 bits per heavy atom. The van der Waals surface area contributed by atoms with Gasteiger partial charge in [-0.15, -0.1) is 0 Å². The number of nitrogens with zero attached hydrogens (tertiary/aromatic N) is 4. The van der Waals surface area contributed by atoms with Crippen molar-refractivity contribution in [3.63, 3.8) is 0 Å². The molecule has 1 aliphatic rings. The van der Waals surface area contributed by atoms with E-state index in [9.17, 15) is 9.00 Å². The maximum atomic E-state index is 13.0. The molecule has 1 aliphatic heterocycles. The van der Waals surface area contributed by atoms with Crippen LogP contribution in [0.3, 0.4) is 0 Å². The van der Waals surface area contributed by atoms with Gasteiger partial charge >= 0.3 is 0 Å². The predicted molar refractivity (Wildman–Crippen MR) is 127 cm³/mol. The fourth-order valence-corrected chi connectivity index (χ4v) is 4.70. The van der Waals surface area contributed by atoms with E-state index in [0.717, 1.165) is 54.1 Å². The largest absolute Gasteiger partial charge is 0.339 e. The van der Waals surface area contributed by atoms with Crippen molar-refractivity contribution in [2.24, 2.45) is 0 Å². The van der Waals surface area contributed by atoms with Gasteiger partial charge in [-0.1, -0.05) is 24.3 Å². The number of rotatable bonds is 5. The lowest BCUT2D eigenvalue weighted by Crippen LogP contribution is -2.35. The number of fused-ring (bicyclic) bond motifs is 1. The number of amides is 1. The summed E-state index contributed by atoms with van der Waals surface area (Å²) >= 11 is -1.48. The third-order valence-electron chi connectivity index (χ3n) is 5.90. The Morgan fingerprint density at radius 2 is 1.76 bits per heavy atom. The molecule has 168 valence electrons. The van der Waals surface area contributed by atoms with E-state index in [1.165, 1.54) is 13.5 Å². The number of carbonyl (C=O) groups excluding carboxylic acids is 1. The number of aromatic nitrogens is 3. The van der Waals surface area contributed by atoms with Gasteiger partial charge in [-0.3, -0.25) is 8.98 Å². The first-order valence-corrected chi connectivity index (χ1v) is 12.0. The summed E-state index contributed by atoms with van der Waals surface area (Å²) in [5.41, 5.74) is 4.76. The average molecular weight is 461 g/mol. The number of piperidine rings is 1. The van der Waals surface area contributed by atoms with Gasteiger partial charge < -0.3 is 4.90 Å². The van der Waals surface area contributed by atoms with E-state index in [0.29, 0.717) is 10.5 Å². The van der Waals surface area contributed by atoms with E-state index in [4.69, 9.17) is 9.28 Å². The van der Waals surface area contributed by atoms with Crippen LogP contribution in [0.5, 0.6) is 0 Å². The maximum Gasteiger partial charge on any atom is 0.253 e. The van der Waals surface area contributed by atoms with E-state index in [1.54, 1.807) is 22.8 Å².